The Labute approximate surface area is 122 Å². The number of aryl methyl sites for hydroxylation is 1. The van der Waals surface area contributed by atoms with Crippen LogP contribution in [-0.4, -0.2) is 36.3 Å². The highest BCUT2D eigenvalue weighted by Gasteiger charge is 2.12. The maximum Gasteiger partial charge on any atom is 0.224 e. The molecule has 0 aliphatic carbocycles. The van der Waals surface area contributed by atoms with Crippen molar-refractivity contribution in [2.45, 2.75) is 33.2 Å². The van der Waals surface area contributed by atoms with Crippen LogP contribution in [0.5, 0.6) is 0 Å². The number of hydrogen-bond donors (Lipinski definition) is 2. The maximum atomic E-state index is 4.60. The van der Waals surface area contributed by atoms with E-state index in [1.165, 1.54) is 0 Å². The molecule has 0 saturated carbocycles. The predicted molar refractivity (Wildman–Crippen MR) is 81.2 cm³/mol. The van der Waals surface area contributed by atoms with Crippen LogP contribution in [0.1, 0.15) is 31.8 Å². The number of imidazole rings is 1. The molecule has 0 bridgehead atoms. The molecular formula is C14H19N7. The van der Waals surface area contributed by atoms with Gasteiger partial charge in [-0.05, 0) is 13.3 Å². The van der Waals surface area contributed by atoms with Crippen molar-refractivity contribution in [2.24, 2.45) is 0 Å². The largest absolute Gasteiger partial charge is 0.354 e. The van der Waals surface area contributed by atoms with E-state index in [1.807, 2.05) is 19.3 Å². The number of H-pyrrole nitrogens is 1. The van der Waals surface area contributed by atoms with Gasteiger partial charge in [0, 0.05) is 31.9 Å². The summed E-state index contributed by atoms with van der Waals surface area (Å²) in [7, 11) is 0. The third-order valence-corrected chi connectivity index (χ3v) is 3.32. The molecule has 0 aromatic carbocycles. The molecule has 0 unspecified atom stereocenters. The average molecular weight is 285 g/mol. The van der Waals surface area contributed by atoms with Gasteiger partial charge < -0.3 is 9.88 Å². The Balaban J connectivity index is 1.98. The first kappa shape index (κ1) is 13.5. The molecule has 7 heteroatoms. The number of aromatic amines is 1. The average Bonchev–Trinajstić information content (AvgIpc) is 3.09. The van der Waals surface area contributed by atoms with Crippen molar-refractivity contribution in [3.63, 3.8) is 0 Å². The van der Waals surface area contributed by atoms with E-state index >= 15 is 0 Å². The molecule has 3 heterocycles. The molecule has 7 nitrogen and oxygen atoms in total. The van der Waals surface area contributed by atoms with Crippen LogP contribution in [0.15, 0.2) is 18.6 Å². The molecule has 0 radical (unpaired) electrons. The summed E-state index contributed by atoms with van der Waals surface area (Å²) in [6, 6.07) is 0. The third kappa shape index (κ3) is 2.72. The number of anilines is 1. The number of fused-ring (bicyclic) bond motifs is 1. The van der Waals surface area contributed by atoms with E-state index in [1.54, 1.807) is 6.20 Å². The predicted octanol–water partition coefficient (Wildman–Crippen LogP) is 1.98. The zero-order valence-corrected chi connectivity index (χ0v) is 12.3. The smallest absolute Gasteiger partial charge is 0.224 e. The number of hydrogen-bond acceptors (Lipinski definition) is 5. The van der Waals surface area contributed by atoms with Crippen LogP contribution < -0.4 is 5.32 Å². The fourth-order valence-electron chi connectivity index (χ4n) is 2.37. The number of nitrogens with zero attached hydrogens (tertiary/aromatic N) is 5. The van der Waals surface area contributed by atoms with Crippen molar-refractivity contribution >= 4 is 17.0 Å². The van der Waals surface area contributed by atoms with Gasteiger partial charge in [-0.2, -0.15) is 10.1 Å². The SMILES string of the molecule is CCCn1ccnc1Cc1nc(NCC)nc2[nH]ncc12. The van der Waals surface area contributed by atoms with Gasteiger partial charge in [-0.15, -0.1) is 0 Å². The standard InChI is InChI=1S/C14H19N7/c1-3-6-21-7-5-16-12(21)8-11-10-9-17-20-13(10)19-14(18-11)15-4-2/h5,7,9H,3-4,6,8H2,1-2H3,(H2,15,17,18,19,20). The van der Waals surface area contributed by atoms with Gasteiger partial charge in [-0.25, -0.2) is 9.97 Å². The number of rotatable bonds is 6. The van der Waals surface area contributed by atoms with E-state index in [0.29, 0.717) is 12.4 Å². The first-order valence-electron chi connectivity index (χ1n) is 7.25. The third-order valence-electron chi connectivity index (χ3n) is 3.32. The molecule has 0 amide bonds. The minimum atomic E-state index is 0.623. The highest BCUT2D eigenvalue weighted by atomic mass is 15.2. The topological polar surface area (TPSA) is 84.3 Å². The molecule has 3 aromatic heterocycles. The molecule has 3 rings (SSSR count). The van der Waals surface area contributed by atoms with Crippen molar-refractivity contribution in [2.75, 3.05) is 11.9 Å². The number of aromatic nitrogens is 6. The fourth-order valence-corrected chi connectivity index (χ4v) is 2.37. The van der Waals surface area contributed by atoms with Crippen LogP contribution in [0.25, 0.3) is 11.0 Å². The summed E-state index contributed by atoms with van der Waals surface area (Å²) in [5, 5.41) is 11.1. The molecule has 0 saturated heterocycles. The van der Waals surface area contributed by atoms with Crippen molar-refractivity contribution in [3.8, 4) is 0 Å². The second-order valence-corrected chi connectivity index (χ2v) is 4.87. The monoisotopic (exact) mass is 285 g/mol. The lowest BCUT2D eigenvalue weighted by molar-refractivity contribution is 0.645. The molecule has 0 aliphatic heterocycles. The second kappa shape index (κ2) is 5.90. The zero-order valence-electron chi connectivity index (χ0n) is 12.3. The number of nitrogens with one attached hydrogen (secondary N) is 2. The van der Waals surface area contributed by atoms with Gasteiger partial charge in [0.05, 0.1) is 17.3 Å². The minimum Gasteiger partial charge on any atom is -0.354 e. The van der Waals surface area contributed by atoms with Crippen LogP contribution in [0.3, 0.4) is 0 Å². The normalized spacial score (nSPS) is 11.1. The molecule has 21 heavy (non-hydrogen) atoms. The zero-order chi connectivity index (χ0) is 14.7. The highest BCUT2D eigenvalue weighted by Crippen LogP contribution is 2.18. The Kier molecular flexibility index (Phi) is 3.81. The molecular weight excluding hydrogens is 266 g/mol. The Morgan fingerprint density at radius 3 is 3.00 bits per heavy atom. The van der Waals surface area contributed by atoms with Gasteiger partial charge in [0.25, 0.3) is 0 Å². The Morgan fingerprint density at radius 1 is 1.29 bits per heavy atom. The Morgan fingerprint density at radius 2 is 2.19 bits per heavy atom. The lowest BCUT2D eigenvalue weighted by atomic mass is 10.2. The molecule has 3 aromatic rings. The maximum absolute atomic E-state index is 4.60. The summed E-state index contributed by atoms with van der Waals surface area (Å²) in [6.07, 6.45) is 7.37. The van der Waals surface area contributed by atoms with Crippen molar-refractivity contribution < 1.29 is 0 Å². The quantitative estimate of drug-likeness (QED) is 0.723. The van der Waals surface area contributed by atoms with Gasteiger partial charge >= 0.3 is 0 Å². The van der Waals surface area contributed by atoms with E-state index in [4.69, 9.17) is 0 Å². The molecule has 0 spiro atoms. The molecule has 110 valence electrons. The highest BCUT2D eigenvalue weighted by molar-refractivity contribution is 5.78. The van der Waals surface area contributed by atoms with Gasteiger partial charge in [0.1, 0.15) is 5.82 Å². The minimum absolute atomic E-state index is 0.623. The van der Waals surface area contributed by atoms with E-state index in [9.17, 15) is 0 Å². The lowest BCUT2D eigenvalue weighted by Gasteiger charge is -2.08. The van der Waals surface area contributed by atoms with E-state index in [2.05, 4.69) is 42.0 Å². The van der Waals surface area contributed by atoms with Crippen LogP contribution in [0.2, 0.25) is 0 Å². The summed E-state index contributed by atoms with van der Waals surface area (Å²) in [4.78, 5) is 13.5. The van der Waals surface area contributed by atoms with E-state index in [-0.39, 0.29) is 0 Å². The Hall–Kier alpha value is -2.44. The Bertz CT molecular complexity index is 728. The van der Waals surface area contributed by atoms with Crippen LogP contribution in [0, 0.1) is 0 Å². The van der Waals surface area contributed by atoms with Crippen molar-refractivity contribution in [3.05, 3.63) is 30.1 Å². The fraction of sp³-hybridized carbons (Fsp3) is 0.429. The second-order valence-electron chi connectivity index (χ2n) is 4.87. The first-order valence-corrected chi connectivity index (χ1v) is 7.25. The van der Waals surface area contributed by atoms with E-state index in [0.717, 1.165) is 42.1 Å². The molecule has 2 N–H and O–H groups in total. The van der Waals surface area contributed by atoms with Crippen LogP contribution >= 0.6 is 0 Å². The molecule has 0 aliphatic rings. The van der Waals surface area contributed by atoms with Crippen LogP contribution in [-0.2, 0) is 13.0 Å². The van der Waals surface area contributed by atoms with Crippen molar-refractivity contribution in [1.29, 1.82) is 0 Å². The summed E-state index contributed by atoms with van der Waals surface area (Å²) < 4.78 is 2.17. The van der Waals surface area contributed by atoms with Crippen LogP contribution in [0.4, 0.5) is 5.95 Å². The van der Waals surface area contributed by atoms with Gasteiger partial charge in [-0.1, -0.05) is 6.92 Å². The summed E-state index contributed by atoms with van der Waals surface area (Å²) in [5.41, 5.74) is 1.69. The van der Waals surface area contributed by atoms with E-state index < -0.39 is 0 Å². The molecule has 0 fully saturated rings. The summed E-state index contributed by atoms with van der Waals surface area (Å²) >= 11 is 0. The molecule has 0 atom stereocenters. The first-order chi connectivity index (χ1) is 10.3. The van der Waals surface area contributed by atoms with Gasteiger partial charge in [-0.3, -0.25) is 5.10 Å². The van der Waals surface area contributed by atoms with Gasteiger partial charge in [0.15, 0.2) is 5.65 Å². The van der Waals surface area contributed by atoms with Crippen molar-refractivity contribution in [1.82, 2.24) is 29.7 Å². The summed E-state index contributed by atoms with van der Waals surface area (Å²) in [6.45, 7) is 5.93. The van der Waals surface area contributed by atoms with Gasteiger partial charge in [0.2, 0.25) is 5.95 Å². The summed E-state index contributed by atoms with van der Waals surface area (Å²) in [5.74, 6) is 1.64. The lowest BCUT2D eigenvalue weighted by Crippen LogP contribution is -2.08.